The van der Waals surface area contributed by atoms with Crippen molar-refractivity contribution < 1.29 is 4.79 Å². The summed E-state index contributed by atoms with van der Waals surface area (Å²) in [5.74, 6) is 0. The summed E-state index contributed by atoms with van der Waals surface area (Å²) in [6.07, 6.45) is 0. The molecular formula is C9H12N4O. The molecule has 0 bridgehead atoms. The van der Waals surface area contributed by atoms with Gasteiger partial charge in [-0.25, -0.2) is 9.80 Å². The molecule has 1 rings (SSSR count). The number of carbonyl (C=O) groups is 1. The van der Waals surface area contributed by atoms with Crippen LogP contribution in [0.5, 0.6) is 0 Å². The van der Waals surface area contributed by atoms with Gasteiger partial charge in [0.25, 0.3) is 0 Å². The number of rotatable bonds is 0. The van der Waals surface area contributed by atoms with Gasteiger partial charge in [0.05, 0.1) is 11.2 Å². The zero-order valence-electron chi connectivity index (χ0n) is 8.46. The standard InChI is InChI=1S/C9H12N4O/c1-6-7(5-10)12-13(8(14)11-6)9(2,3)4/h1H2,2-4H3,(H,11,14). The Hall–Kier alpha value is -1.83. The molecule has 1 aliphatic rings. The van der Waals surface area contributed by atoms with Crippen LogP contribution in [0.15, 0.2) is 17.4 Å². The first-order valence-electron chi connectivity index (χ1n) is 4.15. The second-order valence-corrected chi connectivity index (χ2v) is 3.95. The SMILES string of the molecule is C=C1NC(=O)N(C(C)(C)C)N=C1C#N. The molecule has 0 aromatic rings. The monoisotopic (exact) mass is 192 g/mol. The van der Waals surface area contributed by atoms with E-state index in [0.717, 1.165) is 0 Å². The van der Waals surface area contributed by atoms with Gasteiger partial charge in [0.1, 0.15) is 6.07 Å². The van der Waals surface area contributed by atoms with Gasteiger partial charge in [0.2, 0.25) is 0 Å². The molecule has 1 heterocycles. The molecule has 2 amide bonds. The van der Waals surface area contributed by atoms with Crippen molar-refractivity contribution in [3.05, 3.63) is 12.3 Å². The number of urea groups is 1. The van der Waals surface area contributed by atoms with Crippen molar-refractivity contribution in [3.63, 3.8) is 0 Å². The second kappa shape index (κ2) is 3.14. The molecular weight excluding hydrogens is 180 g/mol. The van der Waals surface area contributed by atoms with Crippen molar-refractivity contribution in [1.82, 2.24) is 10.3 Å². The number of nitrogens with one attached hydrogen (secondary N) is 1. The Bertz CT molecular complexity index is 356. The van der Waals surface area contributed by atoms with Crippen LogP contribution in [0.4, 0.5) is 4.79 Å². The van der Waals surface area contributed by atoms with Gasteiger partial charge in [-0.1, -0.05) is 6.58 Å². The summed E-state index contributed by atoms with van der Waals surface area (Å²) in [7, 11) is 0. The lowest BCUT2D eigenvalue weighted by molar-refractivity contribution is 0.148. The minimum atomic E-state index is -0.452. The lowest BCUT2D eigenvalue weighted by Crippen LogP contribution is -2.51. The third-order valence-corrected chi connectivity index (χ3v) is 1.68. The van der Waals surface area contributed by atoms with E-state index in [1.54, 1.807) is 0 Å². The Kier molecular flexibility index (Phi) is 2.30. The van der Waals surface area contributed by atoms with Gasteiger partial charge in [0, 0.05) is 0 Å². The van der Waals surface area contributed by atoms with Crippen LogP contribution < -0.4 is 5.32 Å². The highest BCUT2D eigenvalue weighted by atomic mass is 16.2. The Balaban J connectivity index is 3.11. The molecule has 0 aromatic carbocycles. The largest absolute Gasteiger partial charge is 0.342 e. The zero-order chi connectivity index (χ0) is 10.9. The van der Waals surface area contributed by atoms with Crippen LogP contribution >= 0.6 is 0 Å². The zero-order valence-corrected chi connectivity index (χ0v) is 8.46. The molecule has 0 aliphatic carbocycles. The molecule has 0 saturated heterocycles. The number of hydrazone groups is 1. The van der Waals surface area contributed by atoms with E-state index in [2.05, 4.69) is 17.0 Å². The highest BCUT2D eigenvalue weighted by Gasteiger charge is 2.31. The van der Waals surface area contributed by atoms with Gasteiger partial charge in [0.15, 0.2) is 5.71 Å². The van der Waals surface area contributed by atoms with Crippen LogP contribution in [0.25, 0.3) is 0 Å². The van der Waals surface area contributed by atoms with Crippen molar-refractivity contribution in [2.75, 3.05) is 0 Å². The number of hydrogen-bond acceptors (Lipinski definition) is 3. The van der Waals surface area contributed by atoms with Gasteiger partial charge in [-0.3, -0.25) is 0 Å². The summed E-state index contributed by atoms with van der Waals surface area (Å²) in [4.78, 5) is 11.5. The van der Waals surface area contributed by atoms with E-state index >= 15 is 0 Å². The van der Waals surface area contributed by atoms with Gasteiger partial charge in [-0.2, -0.15) is 10.4 Å². The van der Waals surface area contributed by atoms with Crippen LogP contribution in [0, 0.1) is 11.3 Å². The number of allylic oxidation sites excluding steroid dienone is 1. The van der Waals surface area contributed by atoms with E-state index in [1.165, 1.54) is 5.01 Å². The Labute approximate surface area is 82.7 Å². The number of amides is 2. The number of hydrogen-bond donors (Lipinski definition) is 1. The topological polar surface area (TPSA) is 68.5 Å². The predicted molar refractivity (Wildman–Crippen MR) is 52.3 cm³/mol. The summed E-state index contributed by atoms with van der Waals surface area (Å²) in [5, 5.41) is 16.3. The number of carbonyl (C=O) groups excluding carboxylic acids is 1. The first kappa shape index (κ1) is 10.3. The Morgan fingerprint density at radius 3 is 2.57 bits per heavy atom. The smallest absolute Gasteiger partial charge is 0.304 e. The lowest BCUT2D eigenvalue weighted by Gasteiger charge is -2.33. The molecule has 0 unspecified atom stereocenters. The fraction of sp³-hybridized carbons (Fsp3) is 0.444. The Morgan fingerprint density at radius 1 is 1.57 bits per heavy atom. The van der Waals surface area contributed by atoms with Gasteiger partial charge in [-0.15, -0.1) is 0 Å². The Morgan fingerprint density at radius 2 is 2.14 bits per heavy atom. The fourth-order valence-electron chi connectivity index (χ4n) is 0.991. The summed E-state index contributed by atoms with van der Waals surface area (Å²) in [5.41, 5.74) is -0.0649. The molecule has 5 nitrogen and oxygen atoms in total. The first-order chi connectivity index (χ1) is 6.36. The maximum atomic E-state index is 11.5. The minimum absolute atomic E-state index is 0.138. The van der Waals surface area contributed by atoms with E-state index in [-0.39, 0.29) is 17.4 Å². The van der Waals surface area contributed by atoms with E-state index in [4.69, 9.17) is 5.26 Å². The summed E-state index contributed by atoms with van der Waals surface area (Å²) in [6, 6.07) is 1.51. The molecule has 0 fully saturated rings. The number of nitriles is 1. The molecule has 0 aromatic heterocycles. The van der Waals surface area contributed by atoms with Crippen molar-refractivity contribution in [2.24, 2.45) is 5.10 Å². The molecule has 0 atom stereocenters. The second-order valence-electron chi connectivity index (χ2n) is 3.95. The van der Waals surface area contributed by atoms with Gasteiger partial charge in [-0.05, 0) is 20.8 Å². The van der Waals surface area contributed by atoms with Crippen LogP contribution in [-0.4, -0.2) is 22.3 Å². The van der Waals surface area contributed by atoms with Crippen molar-refractivity contribution in [1.29, 1.82) is 5.26 Å². The summed E-state index contributed by atoms with van der Waals surface area (Å²) < 4.78 is 0. The molecule has 0 saturated carbocycles. The van der Waals surface area contributed by atoms with E-state index in [9.17, 15) is 4.79 Å². The molecule has 0 spiro atoms. The van der Waals surface area contributed by atoms with Crippen LogP contribution in [0.3, 0.4) is 0 Å². The summed E-state index contributed by atoms with van der Waals surface area (Å²) >= 11 is 0. The average Bonchev–Trinajstić information content (AvgIpc) is 2.02. The molecule has 5 heteroatoms. The maximum absolute atomic E-state index is 11.5. The third kappa shape index (κ3) is 1.74. The van der Waals surface area contributed by atoms with Crippen LogP contribution in [0.1, 0.15) is 20.8 Å². The molecule has 1 aliphatic heterocycles. The summed E-state index contributed by atoms with van der Waals surface area (Å²) in [6.45, 7) is 9.02. The van der Waals surface area contributed by atoms with Gasteiger partial charge < -0.3 is 5.32 Å². The number of nitrogens with zero attached hydrogens (tertiary/aromatic N) is 3. The third-order valence-electron chi connectivity index (χ3n) is 1.68. The maximum Gasteiger partial charge on any atom is 0.342 e. The van der Waals surface area contributed by atoms with E-state index < -0.39 is 5.54 Å². The van der Waals surface area contributed by atoms with Crippen molar-refractivity contribution >= 4 is 11.7 Å². The molecule has 14 heavy (non-hydrogen) atoms. The normalized spacial score (nSPS) is 17.3. The van der Waals surface area contributed by atoms with E-state index in [0.29, 0.717) is 0 Å². The highest BCUT2D eigenvalue weighted by Crippen LogP contribution is 2.17. The molecule has 0 radical (unpaired) electrons. The quantitative estimate of drug-likeness (QED) is 0.626. The minimum Gasteiger partial charge on any atom is -0.304 e. The van der Waals surface area contributed by atoms with Crippen LogP contribution in [-0.2, 0) is 0 Å². The van der Waals surface area contributed by atoms with E-state index in [1.807, 2.05) is 26.8 Å². The van der Waals surface area contributed by atoms with Crippen molar-refractivity contribution in [2.45, 2.75) is 26.3 Å². The molecule has 1 N–H and O–H groups in total. The predicted octanol–water partition coefficient (Wildman–Crippen LogP) is 1.20. The molecule has 74 valence electrons. The fourth-order valence-corrected chi connectivity index (χ4v) is 0.991. The van der Waals surface area contributed by atoms with Crippen molar-refractivity contribution in [3.8, 4) is 6.07 Å². The highest BCUT2D eigenvalue weighted by molar-refractivity contribution is 6.14. The lowest BCUT2D eigenvalue weighted by atomic mass is 10.1. The van der Waals surface area contributed by atoms with Gasteiger partial charge >= 0.3 is 6.03 Å². The van der Waals surface area contributed by atoms with Crippen LogP contribution in [0.2, 0.25) is 0 Å². The average molecular weight is 192 g/mol. The first-order valence-corrected chi connectivity index (χ1v) is 4.15.